The van der Waals surface area contributed by atoms with E-state index in [0.29, 0.717) is 6.54 Å². The molecule has 0 bridgehead atoms. The molecule has 0 saturated heterocycles. The lowest BCUT2D eigenvalue weighted by atomic mass is 10.2. The molecular formula is C16H14N2O. The SMILES string of the molecule is Cc1ccc2ncc(=O)n(Cc3ccccc3)c2c1. The van der Waals surface area contributed by atoms with E-state index in [9.17, 15) is 4.79 Å². The van der Waals surface area contributed by atoms with Crippen molar-refractivity contribution in [1.29, 1.82) is 0 Å². The Morgan fingerprint density at radius 2 is 1.89 bits per heavy atom. The van der Waals surface area contributed by atoms with Crippen LogP contribution in [0.2, 0.25) is 0 Å². The molecule has 0 aliphatic heterocycles. The molecule has 0 saturated carbocycles. The Kier molecular flexibility index (Phi) is 2.88. The highest BCUT2D eigenvalue weighted by Gasteiger charge is 2.05. The van der Waals surface area contributed by atoms with E-state index < -0.39 is 0 Å². The van der Waals surface area contributed by atoms with Gasteiger partial charge < -0.3 is 4.57 Å². The third kappa shape index (κ3) is 2.27. The zero-order chi connectivity index (χ0) is 13.2. The third-order valence-corrected chi connectivity index (χ3v) is 3.19. The van der Waals surface area contributed by atoms with Crippen molar-refractivity contribution in [3.8, 4) is 0 Å². The van der Waals surface area contributed by atoms with E-state index >= 15 is 0 Å². The van der Waals surface area contributed by atoms with Crippen LogP contribution in [0.5, 0.6) is 0 Å². The number of benzene rings is 2. The van der Waals surface area contributed by atoms with Crippen LogP contribution in [-0.2, 0) is 6.54 Å². The first kappa shape index (κ1) is 11.7. The van der Waals surface area contributed by atoms with E-state index in [1.807, 2.05) is 55.5 Å². The standard InChI is InChI=1S/C16H14N2O/c1-12-7-8-14-15(9-12)18(16(19)10-17-14)11-13-5-3-2-4-6-13/h2-10H,11H2,1H3. The lowest BCUT2D eigenvalue weighted by Crippen LogP contribution is -2.21. The molecule has 0 aliphatic carbocycles. The molecule has 0 radical (unpaired) electrons. The highest BCUT2D eigenvalue weighted by Crippen LogP contribution is 2.13. The van der Waals surface area contributed by atoms with E-state index in [1.54, 1.807) is 4.57 Å². The van der Waals surface area contributed by atoms with Gasteiger partial charge in [0.05, 0.1) is 23.8 Å². The zero-order valence-electron chi connectivity index (χ0n) is 10.7. The largest absolute Gasteiger partial charge is 0.301 e. The highest BCUT2D eigenvalue weighted by molar-refractivity contribution is 5.75. The van der Waals surface area contributed by atoms with Crippen LogP contribution in [0, 0.1) is 6.92 Å². The van der Waals surface area contributed by atoms with Crippen LogP contribution in [-0.4, -0.2) is 9.55 Å². The van der Waals surface area contributed by atoms with Crippen molar-refractivity contribution in [1.82, 2.24) is 9.55 Å². The first-order valence-electron chi connectivity index (χ1n) is 6.24. The van der Waals surface area contributed by atoms with E-state index in [1.165, 1.54) is 6.20 Å². The molecule has 0 unspecified atom stereocenters. The maximum Gasteiger partial charge on any atom is 0.269 e. The van der Waals surface area contributed by atoms with Crippen LogP contribution in [0.15, 0.2) is 59.5 Å². The second-order valence-corrected chi connectivity index (χ2v) is 4.66. The van der Waals surface area contributed by atoms with Crippen molar-refractivity contribution in [2.45, 2.75) is 13.5 Å². The Hall–Kier alpha value is -2.42. The lowest BCUT2D eigenvalue weighted by Gasteiger charge is -2.10. The summed E-state index contributed by atoms with van der Waals surface area (Å²) in [5.41, 5.74) is 3.90. The van der Waals surface area contributed by atoms with Crippen molar-refractivity contribution in [3.63, 3.8) is 0 Å². The fourth-order valence-electron chi connectivity index (χ4n) is 2.20. The molecule has 1 aromatic heterocycles. The minimum absolute atomic E-state index is 0.0676. The van der Waals surface area contributed by atoms with E-state index in [-0.39, 0.29) is 5.56 Å². The maximum absolute atomic E-state index is 12.0. The average molecular weight is 250 g/mol. The topological polar surface area (TPSA) is 34.9 Å². The summed E-state index contributed by atoms with van der Waals surface area (Å²) in [4.78, 5) is 16.2. The van der Waals surface area contributed by atoms with Gasteiger partial charge in [0, 0.05) is 0 Å². The normalized spacial score (nSPS) is 10.8. The summed E-state index contributed by atoms with van der Waals surface area (Å²) < 4.78 is 1.77. The molecule has 3 nitrogen and oxygen atoms in total. The van der Waals surface area contributed by atoms with Crippen molar-refractivity contribution >= 4 is 11.0 Å². The van der Waals surface area contributed by atoms with Crippen LogP contribution in [0.3, 0.4) is 0 Å². The van der Waals surface area contributed by atoms with Gasteiger partial charge in [0.25, 0.3) is 5.56 Å². The van der Waals surface area contributed by atoms with Gasteiger partial charge in [0.1, 0.15) is 0 Å². The fourth-order valence-corrected chi connectivity index (χ4v) is 2.20. The van der Waals surface area contributed by atoms with Gasteiger partial charge in [-0.3, -0.25) is 4.79 Å². The summed E-state index contributed by atoms with van der Waals surface area (Å²) in [6.45, 7) is 2.59. The molecule has 0 amide bonds. The van der Waals surface area contributed by atoms with Gasteiger partial charge in [-0.25, -0.2) is 4.98 Å². The fraction of sp³-hybridized carbons (Fsp3) is 0.125. The van der Waals surface area contributed by atoms with Crippen molar-refractivity contribution in [3.05, 3.63) is 76.2 Å². The molecule has 3 heteroatoms. The number of aromatic nitrogens is 2. The predicted octanol–water partition coefficient (Wildman–Crippen LogP) is 2.75. The Labute approximate surface area is 111 Å². The summed E-state index contributed by atoms with van der Waals surface area (Å²) in [7, 11) is 0. The van der Waals surface area contributed by atoms with Gasteiger partial charge in [0.2, 0.25) is 0 Å². The van der Waals surface area contributed by atoms with Gasteiger partial charge >= 0.3 is 0 Å². The molecule has 0 N–H and O–H groups in total. The quantitative estimate of drug-likeness (QED) is 0.701. The van der Waals surface area contributed by atoms with Crippen molar-refractivity contribution < 1.29 is 0 Å². The number of rotatable bonds is 2. The van der Waals surface area contributed by atoms with Gasteiger partial charge in [-0.15, -0.1) is 0 Å². The number of hydrogen-bond acceptors (Lipinski definition) is 2. The van der Waals surface area contributed by atoms with E-state index in [2.05, 4.69) is 4.98 Å². The zero-order valence-corrected chi connectivity index (χ0v) is 10.7. The highest BCUT2D eigenvalue weighted by atomic mass is 16.1. The van der Waals surface area contributed by atoms with E-state index in [4.69, 9.17) is 0 Å². The van der Waals surface area contributed by atoms with Gasteiger partial charge in [-0.1, -0.05) is 36.4 Å². The minimum Gasteiger partial charge on any atom is -0.301 e. The first-order valence-corrected chi connectivity index (χ1v) is 6.24. The molecule has 94 valence electrons. The lowest BCUT2D eigenvalue weighted by molar-refractivity contribution is 0.786. The summed E-state index contributed by atoms with van der Waals surface area (Å²) in [6, 6.07) is 15.9. The van der Waals surface area contributed by atoms with Crippen molar-refractivity contribution in [2.75, 3.05) is 0 Å². The summed E-state index contributed by atoms with van der Waals surface area (Å²) >= 11 is 0. The number of fused-ring (bicyclic) bond motifs is 1. The molecule has 0 fully saturated rings. The minimum atomic E-state index is -0.0676. The third-order valence-electron chi connectivity index (χ3n) is 3.19. The molecule has 19 heavy (non-hydrogen) atoms. The average Bonchev–Trinajstić information content (AvgIpc) is 2.43. The Bertz CT molecular complexity index is 776. The van der Waals surface area contributed by atoms with Crippen LogP contribution in [0.1, 0.15) is 11.1 Å². The maximum atomic E-state index is 12.0. The Morgan fingerprint density at radius 3 is 2.68 bits per heavy atom. The molecular weight excluding hydrogens is 236 g/mol. The van der Waals surface area contributed by atoms with Crippen LogP contribution >= 0.6 is 0 Å². The molecule has 2 aromatic carbocycles. The first-order chi connectivity index (χ1) is 9.24. The Morgan fingerprint density at radius 1 is 1.11 bits per heavy atom. The summed E-state index contributed by atoms with van der Waals surface area (Å²) in [5, 5.41) is 0. The monoisotopic (exact) mass is 250 g/mol. The molecule has 0 aliphatic rings. The van der Waals surface area contributed by atoms with Crippen LogP contribution in [0.4, 0.5) is 0 Å². The van der Waals surface area contributed by atoms with Crippen LogP contribution < -0.4 is 5.56 Å². The summed E-state index contributed by atoms with van der Waals surface area (Å²) in [5.74, 6) is 0. The second-order valence-electron chi connectivity index (χ2n) is 4.66. The van der Waals surface area contributed by atoms with E-state index in [0.717, 1.165) is 22.2 Å². The smallest absolute Gasteiger partial charge is 0.269 e. The molecule has 3 aromatic rings. The molecule has 0 spiro atoms. The Balaban J connectivity index is 2.19. The van der Waals surface area contributed by atoms with Crippen molar-refractivity contribution in [2.24, 2.45) is 0 Å². The number of aryl methyl sites for hydroxylation is 1. The van der Waals surface area contributed by atoms with Crippen LogP contribution in [0.25, 0.3) is 11.0 Å². The van der Waals surface area contributed by atoms with Gasteiger partial charge in [-0.2, -0.15) is 0 Å². The second kappa shape index (κ2) is 4.69. The van der Waals surface area contributed by atoms with Gasteiger partial charge in [-0.05, 0) is 30.2 Å². The number of nitrogens with zero attached hydrogens (tertiary/aromatic N) is 2. The number of hydrogen-bond donors (Lipinski definition) is 0. The molecule has 1 heterocycles. The summed E-state index contributed by atoms with van der Waals surface area (Å²) in [6.07, 6.45) is 1.39. The molecule has 3 rings (SSSR count). The predicted molar refractivity (Wildman–Crippen MR) is 76.3 cm³/mol. The van der Waals surface area contributed by atoms with Gasteiger partial charge in [0.15, 0.2) is 0 Å². The molecule has 0 atom stereocenters.